The summed E-state index contributed by atoms with van der Waals surface area (Å²) in [7, 11) is 0. The van der Waals surface area contributed by atoms with E-state index in [1.807, 2.05) is 16.8 Å². The van der Waals surface area contributed by atoms with Gasteiger partial charge in [0.25, 0.3) is 0 Å². The molecule has 6 heteroatoms. The summed E-state index contributed by atoms with van der Waals surface area (Å²) >= 11 is 0. The molecule has 0 fully saturated rings. The van der Waals surface area contributed by atoms with E-state index >= 15 is 0 Å². The van der Waals surface area contributed by atoms with Gasteiger partial charge in [0.05, 0.1) is 17.2 Å². The van der Waals surface area contributed by atoms with E-state index in [9.17, 15) is 4.39 Å². The second-order valence-corrected chi connectivity index (χ2v) is 7.36. The second kappa shape index (κ2) is 9.03. The van der Waals surface area contributed by atoms with Crippen LogP contribution in [0.1, 0.15) is 33.1 Å². The predicted molar refractivity (Wildman–Crippen MR) is 119 cm³/mol. The smallest absolute Gasteiger partial charge is 0.147 e. The van der Waals surface area contributed by atoms with Gasteiger partial charge >= 0.3 is 0 Å². The van der Waals surface area contributed by atoms with Gasteiger partial charge in [0.1, 0.15) is 17.5 Å². The first-order chi connectivity index (χ1) is 14.7. The summed E-state index contributed by atoms with van der Waals surface area (Å²) in [5.74, 6) is 1.48. The van der Waals surface area contributed by atoms with Crippen molar-refractivity contribution in [1.29, 1.82) is 0 Å². The van der Waals surface area contributed by atoms with Crippen LogP contribution in [0.25, 0.3) is 28.1 Å². The topological polar surface area (TPSA) is 46.8 Å². The number of benzene rings is 1. The van der Waals surface area contributed by atoms with E-state index in [4.69, 9.17) is 9.97 Å². The van der Waals surface area contributed by atoms with E-state index in [-0.39, 0.29) is 5.82 Å². The Hall–Kier alpha value is -3.28. The summed E-state index contributed by atoms with van der Waals surface area (Å²) in [6.45, 7) is 6.39. The zero-order chi connectivity index (χ0) is 20.9. The van der Waals surface area contributed by atoms with E-state index in [1.165, 1.54) is 12.1 Å². The molecule has 0 unspecified atom stereocenters. The van der Waals surface area contributed by atoms with E-state index in [1.54, 1.807) is 24.5 Å². The molecule has 0 saturated carbocycles. The van der Waals surface area contributed by atoms with Gasteiger partial charge in [-0.05, 0) is 55.3 Å². The van der Waals surface area contributed by atoms with Crippen LogP contribution in [0.4, 0.5) is 10.2 Å². The maximum absolute atomic E-state index is 13.5. The molecular weight excluding hydrogens is 377 g/mol. The van der Waals surface area contributed by atoms with Crippen LogP contribution in [0.3, 0.4) is 0 Å². The number of anilines is 1. The number of halogens is 1. The predicted octanol–water partition coefficient (Wildman–Crippen LogP) is 5.64. The quantitative estimate of drug-likeness (QED) is 0.382. The highest BCUT2D eigenvalue weighted by Gasteiger charge is 2.16. The summed E-state index contributed by atoms with van der Waals surface area (Å²) in [6, 6.07) is 12.4. The second-order valence-electron chi connectivity index (χ2n) is 7.36. The molecular formula is C24H26FN5. The van der Waals surface area contributed by atoms with Crippen molar-refractivity contribution in [1.82, 2.24) is 19.5 Å². The Balaban J connectivity index is 1.76. The zero-order valence-electron chi connectivity index (χ0n) is 17.4. The Kier molecular flexibility index (Phi) is 6.02. The van der Waals surface area contributed by atoms with Crippen LogP contribution >= 0.6 is 0 Å². The van der Waals surface area contributed by atoms with Crippen LogP contribution in [0.2, 0.25) is 0 Å². The first kappa shape index (κ1) is 20.0. The van der Waals surface area contributed by atoms with Crippen molar-refractivity contribution in [2.24, 2.45) is 0 Å². The Morgan fingerprint density at radius 2 is 1.77 bits per heavy atom. The zero-order valence-corrected chi connectivity index (χ0v) is 17.4. The highest BCUT2D eigenvalue weighted by molar-refractivity contribution is 5.82. The highest BCUT2D eigenvalue weighted by Crippen LogP contribution is 2.29. The summed E-state index contributed by atoms with van der Waals surface area (Å²) < 4.78 is 15.5. The number of nitrogens with zero attached hydrogens (tertiary/aromatic N) is 5. The summed E-state index contributed by atoms with van der Waals surface area (Å²) in [5.41, 5.74) is 3.45. The SMILES string of the molecule is CCCCN(CCC)c1ccc(-c2nc3ccncc3n2-c2ccc(F)cc2)cn1. The van der Waals surface area contributed by atoms with Gasteiger partial charge in [-0.1, -0.05) is 20.3 Å². The molecule has 4 rings (SSSR count). The van der Waals surface area contributed by atoms with Crippen LogP contribution in [-0.2, 0) is 0 Å². The maximum Gasteiger partial charge on any atom is 0.147 e. The monoisotopic (exact) mass is 403 g/mol. The van der Waals surface area contributed by atoms with E-state index in [0.29, 0.717) is 0 Å². The average molecular weight is 404 g/mol. The van der Waals surface area contributed by atoms with E-state index < -0.39 is 0 Å². The van der Waals surface area contributed by atoms with Crippen molar-refractivity contribution in [2.45, 2.75) is 33.1 Å². The van der Waals surface area contributed by atoms with Gasteiger partial charge in [0.2, 0.25) is 0 Å². The third-order valence-corrected chi connectivity index (χ3v) is 5.15. The minimum Gasteiger partial charge on any atom is -0.357 e. The first-order valence-corrected chi connectivity index (χ1v) is 10.5. The number of hydrogen-bond acceptors (Lipinski definition) is 4. The van der Waals surface area contributed by atoms with Crippen molar-refractivity contribution < 1.29 is 4.39 Å². The van der Waals surface area contributed by atoms with Gasteiger partial charge in [-0.2, -0.15) is 0 Å². The van der Waals surface area contributed by atoms with Gasteiger partial charge in [0.15, 0.2) is 0 Å². The molecule has 0 bridgehead atoms. The van der Waals surface area contributed by atoms with Gasteiger partial charge < -0.3 is 4.90 Å². The molecule has 0 N–H and O–H groups in total. The Labute approximate surface area is 176 Å². The van der Waals surface area contributed by atoms with E-state index in [0.717, 1.165) is 66.3 Å². The van der Waals surface area contributed by atoms with Gasteiger partial charge in [-0.25, -0.2) is 14.4 Å². The van der Waals surface area contributed by atoms with E-state index in [2.05, 4.69) is 35.9 Å². The Morgan fingerprint density at radius 3 is 2.47 bits per heavy atom. The van der Waals surface area contributed by atoms with Crippen molar-refractivity contribution in [3.8, 4) is 17.1 Å². The normalized spacial score (nSPS) is 11.2. The largest absolute Gasteiger partial charge is 0.357 e. The molecule has 3 heterocycles. The number of rotatable bonds is 8. The lowest BCUT2D eigenvalue weighted by atomic mass is 10.2. The molecule has 0 aliphatic rings. The number of pyridine rings is 2. The molecule has 0 aliphatic heterocycles. The molecule has 154 valence electrons. The first-order valence-electron chi connectivity index (χ1n) is 10.5. The van der Waals surface area contributed by atoms with Crippen LogP contribution in [0, 0.1) is 5.82 Å². The number of aromatic nitrogens is 4. The van der Waals surface area contributed by atoms with Gasteiger partial charge in [-0.15, -0.1) is 0 Å². The summed E-state index contributed by atoms with van der Waals surface area (Å²) in [6.07, 6.45) is 8.78. The molecule has 1 aromatic carbocycles. The summed E-state index contributed by atoms with van der Waals surface area (Å²) in [4.78, 5) is 16.1. The Morgan fingerprint density at radius 1 is 0.933 bits per heavy atom. The third kappa shape index (κ3) is 4.03. The molecule has 30 heavy (non-hydrogen) atoms. The van der Waals surface area contributed by atoms with Crippen molar-refractivity contribution in [3.05, 3.63) is 66.9 Å². The molecule has 0 amide bonds. The number of imidazole rings is 1. The average Bonchev–Trinajstić information content (AvgIpc) is 3.17. The molecule has 0 atom stereocenters. The lowest BCUT2D eigenvalue weighted by molar-refractivity contribution is 0.627. The fourth-order valence-corrected chi connectivity index (χ4v) is 3.63. The highest BCUT2D eigenvalue weighted by atomic mass is 19.1. The Bertz CT molecular complexity index is 1100. The minimum absolute atomic E-state index is 0.267. The number of fused-ring (bicyclic) bond motifs is 1. The molecule has 0 radical (unpaired) electrons. The minimum atomic E-state index is -0.267. The lowest BCUT2D eigenvalue weighted by Gasteiger charge is -2.23. The van der Waals surface area contributed by atoms with Gasteiger partial charge in [-0.3, -0.25) is 9.55 Å². The molecule has 0 aliphatic carbocycles. The van der Waals surface area contributed by atoms with Crippen molar-refractivity contribution in [3.63, 3.8) is 0 Å². The lowest BCUT2D eigenvalue weighted by Crippen LogP contribution is -2.26. The standard InChI is InChI=1S/C24H26FN5/c1-3-5-15-29(14-4-2)23-11-6-18(16-27-23)24-28-21-12-13-26-17-22(21)30(24)20-9-7-19(25)8-10-20/h6-13,16-17H,3-5,14-15H2,1-2H3. The van der Waals surface area contributed by atoms with Crippen LogP contribution in [-0.4, -0.2) is 32.6 Å². The van der Waals surface area contributed by atoms with Crippen LogP contribution in [0.15, 0.2) is 61.1 Å². The fraction of sp³-hybridized carbons (Fsp3) is 0.292. The summed E-state index contributed by atoms with van der Waals surface area (Å²) in [5, 5.41) is 0. The fourth-order valence-electron chi connectivity index (χ4n) is 3.63. The maximum atomic E-state index is 13.5. The molecule has 4 aromatic rings. The van der Waals surface area contributed by atoms with Crippen LogP contribution < -0.4 is 4.90 Å². The number of unbranched alkanes of at least 4 members (excludes halogenated alkanes) is 1. The molecule has 5 nitrogen and oxygen atoms in total. The van der Waals surface area contributed by atoms with Crippen LogP contribution in [0.5, 0.6) is 0 Å². The van der Waals surface area contributed by atoms with Crippen molar-refractivity contribution in [2.75, 3.05) is 18.0 Å². The number of hydrogen-bond donors (Lipinski definition) is 0. The molecule has 3 aromatic heterocycles. The third-order valence-electron chi connectivity index (χ3n) is 5.15. The molecule has 0 spiro atoms. The van der Waals surface area contributed by atoms with Gasteiger partial charge in [0, 0.05) is 36.7 Å². The molecule has 0 saturated heterocycles. The van der Waals surface area contributed by atoms with Crippen molar-refractivity contribution >= 4 is 16.9 Å².